The number of hydrogen-bond donors (Lipinski definition) is 1. The smallest absolute Gasteiger partial charge is 0.135 e. The molecule has 4 heteroatoms. The lowest BCUT2D eigenvalue weighted by Gasteiger charge is -2.36. The average molecular weight is 288 g/mol. The molecule has 21 heavy (non-hydrogen) atoms. The van der Waals surface area contributed by atoms with Crippen molar-refractivity contribution >= 4 is 5.82 Å². The van der Waals surface area contributed by atoms with Crippen LogP contribution in [0, 0.1) is 0 Å². The molecular weight excluding hydrogens is 260 g/mol. The highest BCUT2D eigenvalue weighted by Crippen LogP contribution is 2.30. The Balaban J connectivity index is 1.77. The summed E-state index contributed by atoms with van der Waals surface area (Å²) in [5.74, 6) is 1.20. The highest BCUT2D eigenvalue weighted by molar-refractivity contribution is 5.49. The minimum atomic E-state index is 0.636. The molecule has 0 spiro atoms. The number of aryl methyl sites for hydroxylation is 1. The van der Waals surface area contributed by atoms with E-state index in [0.717, 1.165) is 12.8 Å². The molecule has 1 aromatic heterocycles. The number of nitrogens with zero attached hydrogens (tertiary/aromatic N) is 3. The topological polar surface area (TPSA) is 41.0 Å². The van der Waals surface area contributed by atoms with Gasteiger partial charge in [0.2, 0.25) is 0 Å². The summed E-state index contributed by atoms with van der Waals surface area (Å²) < 4.78 is 0. The van der Waals surface area contributed by atoms with E-state index < -0.39 is 0 Å². The number of rotatable bonds is 3. The van der Waals surface area contributed by atoms with Gasteiger partial charge in [-0.3, -0.25) is 0 Å². The van der Waals surface area contributed by atoms with Gasteiger partial charge < -0.3 is 10.2 Å². The van der Waals surface area contributed by atoms with Crippen molar-refractivity contribution in [3.8, 4) is 0 Å². The van der Waals surface area contributed by atoms with Crippen LogP contribution < -0.4 is 10.2 Å². The van der Waals surface area contributed by atoms with Crippen molar-refractivity contribution in [2.45, 2.75) is 69.9 Å². The number of fused-ring (bicyclic) bond motifs is 1. The zero-order valence-electron chi connectivity index (χ0n) is 13.4. The molecule has 2 aliphatic carbocycles. The van der Waals surface area contributed by atoms with Crippen molar-refractivity contribution in [1.29, 1.82) is 0 Å². The van der Waals surface area contributed by atoms with Gasteiger partial charge in [-0.1, -0.05) is 6.42 Å². The van der Waals surface area contributed by atoms with E-state index in [4.69, 9.17) is 0 Å². The first-order valence-electron chi connectivity index (χ1n) is 8.52. The molecule has 4 nitrogen and oxygen atoms in total. The maximum Gasteiger partial charge on any atom is 0.135 e. The molecule has 0 amide bonds. The summed E-state index contributed by atoms with van der Waals surface area (Å²) in [5, 5.41) is 3.42. The molecule has 0 atom stereocenters. The monoisotopic (exact) mass is 288 g/mol. The fourth-order valence-electron chi connectivity index (χ4n) is 3.91. The molecule has 1 aromatic rings. The van der Waals surface area contributed by atoms with Crippen LogP contribution in [-0.2, 0) is 12.8 Å². The van der Waals surface area contributed by atoms with Crippen LogP contribution in [0.5, 0.6) is 0 Å². The summed E-state index contributed by atoms with van der Waals surface area (Å²) in [5.41, 5.74) is 2.72. The second-order valence-electron chi connectivity index (χ2n) is 6.59. The Kier molecular flexibility index (Phi) is 4.73. The lowest BCUT2D eigenvalue weighted by Crippen LogP contribution is -2.40. The lowest BCUT2D eigenvalue weighted by molar-refractivity contribution is 0.350. The van der Waals surface area contributed by atoms with Gasteiger partial charge in [-0.05, 0) is 58.4 Å². The Morgan fingerprint density at radius 2 is 1.81 bits per heavy atom. The summed E-state index contributed by atoms with van der Waals surface area (Å²) >= 11 is 0. The van der Waals surface area contributed by atoms with Crippen LogP contribution in [0.15, 0.2) is 6.33 Å². The molecule has 0 radical (unpaired) electrons. The van der Waals surface area contributed by atoms with Gasteiger partial charge in [0.25, 0.3) is 0 Å². The van der Waals surface area contributed by atoms with Crippen molar-refractivity contribution in [1.82, 2.24) is 15.3 Å². The minimum absolute atomic E-state index is 0.636. The molecule has 1 saturated carbocycles. The molecule has 3 rings (SSSR count). The van der Waals surface area contributed by atoms with Crippen molar-refractivity contribution in [3.63, 3.8) is 0 Å². The van der Waals surface area contributed by atoms with E-state index in [0.29, 0.717) is 12.1 Å². The molecule has 1 heterocycles. The van der Waals surface area contributed by atoms with Gasteiger partial charge in [0.1, 0.15) is 12.1 Å². The Morgan fingerprint density at radius 1 is 1.05 bits per heavy atom. The Morgan fingerprint density at radius 3 is 2.57 bits per heavy atom. The van der Waals surface area contributed by atoms with E-state index in [1.165, 1.54) is 62.0 Å². The van der Waals surface area contributed by atoms with E-state index in [9.17, 15) is 0 Å². The molecule has 1 N–H and O–H groups in total. The molecule has 116 valence electrons. The van der Waals surface area contributed by atoms with Gasteiger partial charge >= 0.3 is 0 Å². The minimum Gasteiger partial charge on any atom is -0.356 e. The summed E-state index contributed by atoms with van der Waals surface area (Å²) in [6.45, 7) is 0. The first kappa shape index (κ1) is 14.8. The SMILES string of the molecule is CNC1CCC(N(C)c2ncnc3c2CCCCC3)CC1. The second-order valence-corrected chi connectivity index (χ2v) is 6.59. The summed E-state index contributed by atoms with van der Waals surface area (Å²) in [6, 6.07) is 1.34. The first-order valence-corrected chi connectivity index (χ1v) is 8.52. The van der Waals surface area contributed by atoms with Crippen LogP contribution in [0.25, 0.3) is 0 Å². The van der Waals surface area contributed by atoms with Crippen LogP contribution >= 0.6 is 0 Å². The fourth-order valence-corrected chi connectivity index (χ4v) is 3.91. The van der Waals surface area contributed by atoms with Crippen molar-refractivity contribution in [3.05, 3.63) is 17.6 Å². The number of aromatic nitrogens is 2. The van der Waals surface area contributed by atoms with Crippen LogP contribution in [0.1, 0.15) is 56.2 Å². The molecule has 0 aliphatic heterocycles. The number of hydrogen-bond acceptors (Lipinski definition) is 4. The van der Waals surface area contributed by atoms with Crippen LogP contribution in [-0.4, -0.2) is 36.1 Å². The Bertz CT molecular complexity index is 466. The predicted octanol–water partition coefficient (Wildman–Crippen LogP) is 2.71. The summed E-state index contributed by atoms with van der Waals surface area (Å²) in [6.07, 6.45) is 13.0. The third-order valence-corrected chi connectivity index (χ3v) is 5.34. The molecule has 2 aliphatic rings. The summed E-state index contributed by atoms with van der Waals surface area (Å²) in [7, 11) is 4.32. The number of anilines is 1. The van der Waals surface area contributed by atoms with E-state index in [-0.39, 0.29) is 0 Å². The van der Waals surface area contributed by atoms with Crippen molar-refractivity contribution in [2.75, 3.05) is 19.0 Å². The summed E-state index contributed by atoms with van der Waals surface area (Å²) in [4.78, 5) is 11.6. The van der Waals surface area contributed by atoms with Gasteiger partial charge in [-0.2, -0.15) is 0 Å². The van der Waals surface area contributed by atoms with Crippen molar-refractivity contribution in [2.24, 2.45) is 0 Å². The van der Waals surface area contributed by atoms with Crippen LogP contribution in [0.3, 0.4) is 0 Å². The molecule has 1 fully saturated rings. The lowest BCUT2D eigenvalue weighted by atomic mass is 9.90. The Hall–Kier alpha value is -1.16. The molecule has 0 unspecified atom stereocenters. The first-order chi connectivity index (χ1) is 10.3. The van der Waals surface area contributed by atoms with Gasteiger partial charge in [0, 0.05) is 30.4 Å². The highest BCUT2D eigenvalue weighted by Gasteiger charge is 2.26. The number of nitrogens with one attached hydrogen (secondary N) is 1. The van der Waals surface area contributed by atoms with E-state index in [1.54, 1.807) is 6.33 Å². The maximum absolute atomic E-state index is 4.65. The zero-order valence-corrected chi connectivity index (χ0v) is 13.4. The Labute approximate surface area is 128 Å². The van der Waals surface area contributed by atoms with E-state index >= 15 is 0 Å². The predicted molar refractivity (Wildman–Crippen MR) is 86.8 cm³/mol. The van der Waals surface area contributed by atoms with E-state index in [1.807, 2.05) is 0 Å². The second kappa shape index (κ2) is 6.73. The molecular formula is C17H28N4. The molecule has 0 aromatic carbocycles. The quantitative estimate of drug-likeness (QED) is 0.868. The molecule has 0 bridgehead atoms. The third kappa shape index (κ3) is 3.20. The fraction of sp³-hybridized carbons (Fsp3) is 0.765. The van der Waals surface area contributed by atoms with Crippen molar-refractivity contribution < 1.29 is 0 Å². The zero-order chi connectivity index (χ0) is 14.7. The van der Waals surface area contributed by atoms with Gasteiger partial charge in [0.05, 0.1) is 0 Å². The van der Waals surface area contributed by atoms with Crippen LogP contribution in [0.2, 0.25) is 0 Å². The van der Waals surface area contributed by atoms with Gasteiger partial charge in [-0.15, -0.1) is 0 Å². The standard InChI is InChI=1S/C17H28N4/c1-18-13-8-10-14(11-9-13)21(2)17-15-6-4-3-5-7-16(15)19-12-20-17/h12-14,18H,3-11H2,1-2H3. The average Bonchev–Trinajstić information content (AvgIpc) is 2.79. The van der Waals surface area contributed by atoms with Gasteiger partial charge in [0.15, 0.2) is 0 Å². The van der Waals surface area contributed by atoms with E-state index in [2.05, 4.69) is 34.3 Å². The highest BCUT2D eigenvalue weighted by atomic mass is 15.2. The largest absolute Gasteiger partial charge is 0.356 e. The molecule has 0 saturated heterocycles. The normalized spacial score (nSPS) is 26.0. The maximum atomic E-state index is 4.65. The van der Waals surface area contributed by atoms with Gasteiger partial charge in [-0.25, -0.2) is 9.97 Å². The van der Waals surface area contributed by atoms with Crippen LogP contribution in [0.4, 0.5) is 5.82 Å². The third-order valence-electron chi connectivity index (χ3n) is 5.34.